The molecular weight excluding hydrogens is 256 g/mol. The van der Waals surface area contributed by atoms with Gasteiger partial charge in [-0.25, -0.2) is 4.79 Å². The minimum Gasteiger partial charge on any atom is -0.444 e. The van der Waals surface area contributed by atoms with Gasteiger partial charge in [-0.3, -0.25) is 0 Å². The van der Waals surface area contributed by atoms with Crippen LogP contribution in [-0.4, -0.2) is 35.0 Å². The number of aryl methyl sites for hydroxylation is 1. The van der Waals surface area contributed by atoms with Crippen LogP contribution in [0.15, 0.2) is 12.1 Å². The first-order chi connectivity index (χ1) is 9.31. The molecule has 0 radical (unpaired) electrons. The summed E-state index contributed by atoms with van der Waals surface area (Å²) in [5.74, 6) is 0. The topological polar surface area (TPSA) is 76.1 Å². The van der Waals surface area contributed by atoms with Crippen LogP contribution in [0.3, 0.4) is 0 Å². The third kappa shape index (κ3) is 3.45. The summed E-state index contributed by atoms with van der Waals surface area (Å²) in [6.07, 6.45) is 0.341. The third-order valence-electron chi connectivity index (χ3n) is 3.18. The zero-order valence-corrected chi connectivity index (χ0v) is 12.5. The van der Waals surface area contributed by atoms with Crippen LogP contribution in [-0.2, 0) is 10.3 Å². The van der Waals surface area contributed by atoms with E-state index in [0.717, 1.165) is 24.4 Å². The zero-order valence-electron chi connectivity index (χ0n) is 12.5. The van der Waals surface area contributed by atoms with Gasteiger partial charge in [-0.15, -0.1) is 0 Å². The third-order valence-corrected chi connectivity index (χ3v) is 3.18. The molecule has 1 fully saturated rings. The van der Waals surface area contributed by atoms with Gasteiger partial charge in [-0.05, 0) is 52.8 Å². The van der Waals surface area contributed by atoms with E-state index in [1.54, 1.807) is 0 Å². The number of rotatable bonds is 2. The van der Waals surface area contributed by atoms with Gasteiger partial charge in [0.15, 0.2) is 0 Å². The molecule has 1 saturated heterocycles. The first-order valence-electron chi connectivity index (χ1n) is 6.83. The summed E-state index contributed by atoms with van der Waals surface area (Å²) in [4.78, 5) is 12.1. The lowest BCUT2D eigenvalue weighted by molar-refractivity contribution is 0.0458. The number of hydrogen-bond donors (Lipinski definition) is 2. The maximum Gasteiger partial charge on any atom is 0.408 e. The summed E-state index contributed by atoms with van der Waals surface area (Å²) in [6.45, 7) is 8.88. The van der Waals surface area contributed by atoms with Crippen LogP contribution in [0, 0.1) is 6.92 Å². The van der Waals surface area contributed by atoms with Gasteiger partial charge < -0.3 is 15.4 Å². The van der Waals surface area contributed by atoms with Crippen molar-refractivity contribution in [3.63, 3.8) is 0 Å². The molecule has 1 amide bonds. The van der Waals surface area contributed by atoms with Crippen molar-refractivity contribution >= 4 is 6.09 Å². The molecule has 6 nitrogen and oxygen atoms in total. The van der Waals surface area contributed by atoms with Crippen LogP contribution < -0.4 is 10.6 Å². The molecule has 0 spiro atoms. The molecule has 110 valence electrons. The predicted molar refractivity (Wildman–Crippen MR) is 75.3 cm³/mol. The van der Waals surface area contributed by atoms with Gasteiger partial charge in [0.2, 0.25) is 0 Å². The molecule has 1 atom stereocenters. The van der Waals surface area contributed by atoms with E-state index in [-0.39, 0.29) is 0 Å². The Bertz CT molecular complexity index is 473. The number of carbonyl (C=O) groups excluding carboxylic acids is 1. The van der Waals surface area contributed by atoms with E-state index >= 15 is 0 Å². The lowest BCUT2D eigenvalue weighted by Crippen LogP contribution is -2.49. The molecule has 2 N–H and O–H groups in total. The molecular formula is C14H22N4O2. The lowest BCUT2D eigenvalue weighted by Gasteiger charge is -2.30. The maximum atomic E-state index is 12.1. The van der Waals surface area contributed by atoms with E-state index in [9.17, 15) is 4.79 Å². The minimum absolute atomic E-state index is 0.427. The van der Waals surface area contributed by atoms with Gasteiger partial charge in [-0.2, -0.15) is 10.2 Å². The van der Waals surface area contributed by atoms with E-state index in [1.807, 2.05) is 39.8 Å². The van der Waals surface area contributed by atoms with Crippen molar-refractivity contribution in [2.45, 2.75) is 45.3 Å². The fraction of sp³-hybridized carbons (Fsp3) is 0.643. The molecule has 0 aliphatic carbocycles. The normalized spacial score (nSPS) is 22.6. The highest BCUT2D eigenvalue weighted by molar-refractivity contribution is 5.69. The summed E-state index contributed by atoms with van der Waals surface area (Å²) < 4.78 is 5.34. The Morgan fingerprint density at radius 2 is 2.15 bits per heavy atom. The molecule has 2 rings (SSSR count). The molecule has 0 unspecified atom stereocenters. The van der Waals surface area contributed by atoms with Crippen molar-refractivity contribution in [2.24, 2.45) is 0 Å². The largest absolute Gasteiger partial charge is 0.444 e. The Kier molecular flexibility index (Phi) is 3.94. The summed E-state index contributed by atoms with van der Waals surface area (Å²) in [5.41, 5.74) is 0.560. The Hall–Kier alpha value is -1.69. The highest BCUT2D eigenvalue weighted by atomic mass is 16.6. The van der Waals surface area contributed by atoms with E-state index in [0.29, 0.717) is 6.54 Å². The van der Waals surface area contributed by atoms with Gasteiger partial charge in [0.1, 0.15) is 11.1 Å². The second-order valence-electron chi connectivity index (χ2n) is 6.20. The Morgan fingerprint density at radius 1 is 1.40 bits per heavy atom. The number of alkyl carbamates (subject to hydrolysis) is 1. The number of nitrogens with one attached hydrogen (secondary N) is 2. The average Bonchev–Trinajstić information content (AvgIpc) is 2.76. The SMILES string of the molecule is Cc1ccc([C@@]2(NC(=O)OC(C)(C)C)CCNC2)nn1. The van der Waals surface area contributed by atoms with Crippen LogP contribution in [0.25, 0.3) is 0 Å². The molecule has 1 aromatic heterocycles. The summed E-state index contributed by atoms with van der Waals surface area (Å²) in [7, 11) is 0. The van der Waals surface area contributed by atoms with Crippen LogP contribution in [0.4, 0.5) is 4.79 Å². The Labute approximate surface area is 119 Å². The highest BCUT2D eigenvalue weighted by Crippen LogP contribution is 2.26. The molecule has 2 heterocycles. The molecule has 0 bridgehead atoms. The smallest absolute Gasteiger partial charge is 0.408 e. The number of ether oxygens (including phenoxy) is 1. The van der Waals surface area contributed by atoms with E-state index in [4.69, 9.17) is 4.74 Å². The van der Waals surface area contributed by atoms with Crippen LogP contribution in [0.5, 0.6) is 0 Å². The summed E-state index contributed by atoms with van der Waals surface area (Å²) >= 11 is 0. The van der Waals surface area contributed by atoms with Crippen molar-refractivity contribution in [1.82, 2.24) is 20.8 Å². The molecule has 0 aromatic carbocycles. The van der Waals surface area contributed by atoms with Crippen molar-refractivity contribution in [1.29, 1.82) is 0 Å². The Morgan fingerprint density at radius 3 is 2.65 bits per heavy atom. The van der Waals surface area contributed by atoms with Crippen LogP contribution in [0.1, 0.15) is 38.6 Å². The quantitative estimate of drug-likeness (QED) is 0.857. The van der Waals surface area contributed by atoms with E-state index < -0.39 is 17.2 Å². The van der Waals surface area contributed by atoms with E-state index in [1.165, 1.54) is 0 Å². The first-order valence-corrected chi connectivity index (χ1v) is 6.83. The molecule has 20 heavy (non-hydrogen) atoms. The molecule has 1 aliphatic heterocycles. The summed E-state index contributed by atoms with van der Waals surface area (Å²) in [5, 5.41) is 14.5. The second kappa shape index (κ2) is 5.36. The van der Waals surface area contributed by atoms with Gasteiger partial charge in [0, 0.05) is 6.54 Å². The van der Waals surface area contributed by atoms with Gasteiger partial charge in [-0.1, -0.05) is 0 Å². The van der Waals surface area contributed by atoms with Crippen LogP contribution in [0.2, 0.25) is 0 Å². The monoisotopic (exact) mass is 278 g/mol. The van der Waals surface area contributed by atoms with Gasteiger partial charge in [0.25, 0.3) is 0 Å². The van der Waals surface area contributed by atoms with Crippen molar-refractivity contribution in [3.05, 3.63) is 23.5 Å². The fourth-order valence-corrected chi connectivity index (χ4v) is 2.23. The predicted octanol–water partition coefficient (Wildman–Crippen LogP) is 1.50. The molecule has 1 aliphatic rings. The Balaban J connectivity index is 2.18. The number of amides is 1. The summed E-state index contributed by atoms with van der Waals surface area (Å²) in [6, 6.07) is 3.81. The fourth-order valence-electron chi connectivity index (χ4n) is 2.23. The van der Waals surface area contributed by atoms with Crippen molar-refractivity contribution < 1.29 is 9.53 Å². The van der Waals surface area contributed by atoms with Crippen LogP contribution >= 0.6 is 0 Å². The number of carbonyl (C=O) groups is 1. The van der Waals surface area contributed by atoms with Crippen molar-refractivity contribution in [2.75, 3.05) is 13.1 Å². The second-order valence-corrected chi connectivity index (χ2v) is 6.20. The number of nitrogens with zero attached hydrogens (tertiary/aromatic N) is 2. The van der Waals surface area contributed by atoms with Gasteiger partial charge in [0.05, 0.1) is 11.4 Å². The van der Waals surface area contributed by atoms with Crippen molar-refractivity contribution in [3.8, 4) is 0 Å². The van der Waals surface area contributed by atoms with Gasteiger partial charge >= 0.3 is 6.09 Å². The number of aromatic nitrogens is 2. The lowest BCUT2D eigenvalue weighted by atomic mass is 9.94. The molecule has 6 heteroatoms. The molecule has 0 saturated carbocycles. The standard InChI is InChI=1S/C14H22N4O2/c1-10-5-6-11(18-17-10)14(7-8-15-9-14)16-12(19)20-13(2,3)4/h5-6,15H,7-9H2,1-4H3,(H,16,19)/t14-/m1/s1. The average molecular weight is 278 g/mol. The zero-order chi connectivity index (χ0) is 14.8. The highest BCUT2D eigenvalue weighted by Gasteiger charge is 2.40. The minimum atomic E-state index is -0.539. The van der Waals surface area contributed by atoms with E-state index in [2.05, 4.69) is 20.8 Å². The number of hydrogen-bond acceptors (Lipinski definition) is 5. The first kappa shape index (κ1) is 14.7. The molecule has 1 aromatic rings. The maximum absolute atomic E-state index is 12.1.